The Kier molecular flexibility index (Phi) is 3.36. The summed E-state index contributed by atoms with van der Waals surface area (Å²) in [7, 11) is 0. The third-order valence-electron chi connectivity index (χ3n) is 4.38. The Bertz CT molecular complexity index is 766. The zero-order valence-electron chi connectivity index (χ0n) is 12.6. The third kappa shape index (κ3) is 2.76. The highest BCUT2D eigenvalue weighted by atomic mass is 19.4. The van der Waals surface area contributed by atoms with E-state index in [1.807, 2.05) is 0 Å². The summed E-state index contributed by atoms with van der Waals surface area (Å²) >= 11 is 0. The molecule has 24 heavy (non-hydrogen) atoms. The van der Waals surface area contributed by atoms with Gasteiger partial charge in [-0.1, -0.05) is 5.16 Å². The highest BCUT2D eigenvalue weighted by Crippen LogP contribution is 2.39. The van der Waals surface area contributed by atoms with Gasteiger partial charge in [0.25, 0.3) is 0 Å². The molecule has 2 aromatic rings. The maximum Gasteiger partial charge on any atom is 0.416 e. The largest absolute Gasteiger partial charge is 0.416 e. The molecule has 1 saturated heterocycles. The number of benzene rings is 1. The third-order valence-corrected chi connectivity index (χ3v) is 4.38. The van der Waals surface area contributed by atoms with Crippen molar-refractivity contribution in [2.24, 2.45) is 0 Å². The van der Waals surface area contributed by atoms with Crippen LogP contribution in [-0.2, 0) is 11.0 Å². The van der Waals surface area contributed by atoms with E-state index >= 15 is 0 Å². The number of hydrogen-bond acceptors (Lipinski definition) is 4. The van der Waals surface area contributed by atoms with Gasteiger partial charge in [0.2, 0.25) is 11.8 Å². The van der Waals surface area contributed by atoms with Gasteiger partial charge in [0, 0.05) is 24.6 Å². The minimum Gasteiger partial charge on any atom is -0.339 e. The topological polar surface area (TPSA) is 59.2 Å². The number of alkyl halides is 3. The highest BCUT2D eigenvalue weighted by Gasteiger charge is 2.37. The van der Waals surface area contributed by atoms with Gasteiger partial charge in [-0.2, -0.15) is 18.2 Å². The number of amides is 1. The van der Waals surface area contributed by atoms with E-state index in [0.29, 0.717) is 29.9 Å². The summed E-state index contributed by atoms with van der Waals surface area (Å²) in [6.45, 7) is 0.330. The Morgan fingerprint density at radius 3 is 2.46 bits per heavy atom. The predicted molar refractivity (Wildman–Crippen MR) is 77.4 cm³/mol. The lowest BCUT2D eigenvalue weighted by atomic mass is 10.1. The van der Waals surface area contributed by atoms with E-state index in [2.05, 4.69) is 10.1 Å². The van der Waals surface area contributed by atoms with Crippen molar-refractivity contribution in [1.82, 2.24) is 10.1 Å². The van der Waals surface area contributed by atoms with Crippen LogP contribution in [0.15, 0.2) is 28.8 Å². The molecule has 1 aliphatic heterocycles. The molecule has 0 spiro atoms. The quantitative estimate of drug-likeness (QED) is 0.860. The van der Waals surface area contributed by atoms with Crippen LogP contribution in [0.25, 0.3) is 0 Å². The van der Waals surface area contributed by atoms with E-state index in [0.717, 1.165) is 25.0 Å². The minimum atomic E-state index is -4.39. The van der Waals surface area contributed by atoms with E-state index in [1.165, 1.54) is 17.0 Å². The summed E-state index contributed by atoms with van der Waals surface area (Å²) in [6, 6.07) is 4.58. The van der Waals surface area contributed by atoms with E-state index in [4.69, 9.17) is 4.52 Å². The average molecular weight is 337 g/mol. The molecule has 1 aliphatic carbocycles. The lowest BCUT2D eigenvalue weighted by Gasteiger charge is -2.17. The van der Waals surface area contributed by atoms with Crippen LogP contribution in [0.5, 0.6) is 0 Å². The van der Waals surface area contributed by atoms with Gasteiger partial charge in [-0.3, -0.25) is 4.79 Å². The van der Waals surface area contributed by atoms with Crippen molar-refractivity contribution in [2.45, 2.75) is 37.3 Å². The lowest BCUT2D eigenvalue weighted by Crippen LogP contribution is -2.24. The first-order valence-electron chi connectivity index (χ1n) is 7.73. The first-order valence-corrected chi connectivity index (χ1v) is 7.73. The molecule has 5 nitrogen and oxygen atoms in total. The first-order chi connectivity index (χ1) is 11.4. The van der Waals surface area contributed by atoms with Gasteiger partial charge >= 0.3 is 6.18 Å². The van der Waals surface area contributed by atoms with Gasteiger partial charge in [-0.25, -0.2) is 0 Å². The van der Waals surface area contributed by atoms with Crippen LogP contribution in [0.4, 0.5) is 18.9 Å². The second kappa shape index (κ2) is 5.32. The summed E-state index contributed by atoms with van der Waals surface area (Å²) in [4.78, 5) is 18.0. The van der Waals surface area contributed by atoms with Gasteiger partial charge < -0.3 is 9.42 Å². The average Bonchev–Trinajstić information content (AvgIpc) is 3.14. The molecule has 0 bridgehead atoms. The van der Waals surface area contributed by atoms with Crippen molar-refractivity contribution in [2.75, 3.05) is 11.4 Å². The Labute approximate surface area is 135 Å². The molecule has 2 heterocycles. The van der Waals surface area contributed by atoms with Crippen LogP contribution in [0.2, 0.25) is 0 Å². The van der Waals surface area contributed by atoms with Crippen molar-refractivity contribution in [3.8, 4) is 0 Å². The Morgan fingerprint density at radius 2 is 1.83 bits per heavy atom. The van der Waals surface area contributed by atoms with Crippen LogP contribution in [-0.4, -0.2) is 22.6 Å². The molecule has 4 rings (SSSR count). The van der Waals surface area contributed by atoms with Crippen LogP contribution >= 0.6 is 0 Å². The zero-order valence-corrected chi connectivity index (χ0v) is 12.6. The molecule has 2 fully saturated rings. The monoisotopic (exact) mass is 337 g/mol. The molecule has 1 aromatic carbocycles. The number of aromatic nitrogens is 2. The number of carbonyl (C=O) groups is 1. The molecule has 1 aromatic heterocycles. The number of halogens is 3. The number of anilines is 1. The SMILES string of the molecule is O=C1CC(c2nc(C3CC3)no2)CN1c1ccc(C(F)(F)F)cc1. The zero-order chi connectivity index (χ0) is 16.9. The molecule has 1 saturated carbocycles. The molecule has 126 valence electrons. The van der Waals surface area contributed by atoms with Gasteiger partial charge in [0.05, 0.1) is 11.5 Å². The van der Waals surface area contributed by atoms with Crippen molar-refractivity contribution >= 4 is 11.6 Å². The molecular weight excluding hydrogens is 323 g/mol. The fraction of sp³-hybridized carbons (Fsp3) is 0.438. The van der Waals surface area contributed by atoms with Crippen LogP contribution < -0.4 is 4.90 Å². The molecule has 1 unspecified atom stereocenters. The summed E-state index contributed by atoms with van der Waals surface area (Å²) in [5.74, 6) is 1.10. The van der Waals surface area contributed by atoms with Crippen molar-refractivity contribution in [3.63, 3.8) is 0 Å². The molecular formula is C16H14F3N3O2. The first kappa shape index (κ1) is 15.2. The molecule has 8 heteroatoms. The van der Waals surface area contributed by atoms with Gasteiger partial charge in [0.15, 0.2) is 5.82 Å². The Morgan fingerprint density at radius 1 is 1.12 bits per heavy atom. The van der Waals surface area contributed by atoms with Crippen molar-refractivity contribution in [1.29, 1.82) is 0 Å². The number of rotatable bonds is 3. The van der Waals surface area contributed by atoms with Crippen molar-refractivity contribution in [3.05, 3.63) is 41.5 Å². The second-order valence-corrected chi connectivity index (χ2v) is 6.22. The second-order valence-electron chi connectivity index (χ2n) is 6.22. The Balaban J connectivity index is 1.51. The van der Waals surface area contributed by atoms with Crippen molar-refractivity contribution < 1.29 is 22.5 Å². The van der Waals surface area contributed by atoms with E-state index < -0.39 is 11.7 Å². The Hall–Kier alpha value is -2.38. The highest BCUT2D eigenvalue weighted by molar-refractivity contribution is 5.96. The molecule has 2 aliphatic rings. The summed E-state index contributed by atoms with van der Waals surface area (Å²) < 4.78 is 43.1. The van der Waals surface area contributed by atoms with E-state index in [1.54, 1.807) is 0 Å². The lowest BCUT2D eigenvalue weighted by molar-refractivity contribution is -0.137. The van der Waals surface area contributed by atoms with Crippen LogP contribution in [0, 0.1) is 0 Å². The van der Waals surface area contributed by atoms with Gasteiger partial charge in [-0.05, 0) is 37.1 Å². The molecule has 1 atom stereocenters. The standard InChI is InChI=1S/C16H14F3N3O2/c17-16(18,19)11-3-5-12(6-4-11)22-8-10(7-13(22)23)15-20-14(21-24-15)9-1-2-9/h3-6,9-10H,1-2,7-8H2. The van der Waals surface area contributed by atoms with E-state index in [9.17, 15) is 18.0 Å². The van der Waals surface area contributed by atoms with Crippen LogP contribution in [0.1, 0.15) is 48.4 Å². The molecule has 0 radical (unpaired) electrons. The summed E-state index contributed by atoms with van der Waals surface area (Å²) in [6.07, 6.45) is -2.06. The number of hydrogen-bond donors (Lipinski definition) is 0. The maximum atomic E-state index is 12.6. The predicted octanol–water partition coefficient (Wildman–Crippen LogP) is 3.49. The summed E-state index contributed by atoms with van der Waals surface area (Å²) in [5, 5.41) is 3.94. The van der Waals surface area contributed by atoms with Gasteiger partial charge in [-0.15, -0.1) is 0 Å². The number of carbonyl (C=O) groups excluding carboxylic acids is 1. The summed E-state index contributed by atoms with van der Waals surface area (Å²) in [5.41, 5.74) is -0.294. The van der Waals surface area contributed by atoms with E-state index in [-0.39, 0.29) is 18.2 Å². The fourth-order valence-electron chi connectivity index (χ4n) is 2.87. The normalized spacial score (nSPS) is 21.5. The smallest absolute Gasteiger partial charge is 0.339 e. The molecule has 0 N–H and O–H groups in total. The minimum absolute atomic E-state index is 0.161. The fourth-order valence-corrected chi connectivity index (χ4v) is 2.87. The maximum absolute atomic E-state index is 12.6. The number of nitrogens with zero attached hydrogens (tertiary/aromatic N) is 3. The van der Waals surface area contributed by atoms with Gasteiger partial charge in [0.1, 0.15) is 0 Å². The molecule has 1 amide bonds. The van der Waals surface area contributed by atoms with Crippen LogP contribution in [0.3, 0.4) is 0 Å².